The van der Waals surface area contributed by atoms with E-state index in [-0.39, 0.29) is 5.69 Å². The van der Waals surface area contributed by atoms with E-state index < -0.39 is 17.7 Å². The summed E-state index contributed by atoms with van der Waals surface area (Å²) in [6.07, 6.45) is 0. The van der Waals surface area contributed by atoms with Crippen molar-refractivity contribution in [3.63, 3.8) is 0 Å². The van der Waals surface area contributed by atoms with Gasteiger partial charge in [-0.05, 0) is 23.8 Å². The zero-order valence-corrected chi connectivity index (χ0v) is 13.5. The van der Waals surface area contributed by atoms with Crippen LogP contribution in [0.15, 0.2) is 42.5 Å². The van der Waals surface area contributed by atoms with Crippen LogP contribution in [0.1, 0.15) is 11.1 Å². The second-order valence-electron chi connectivity index (χ2n) is 4.83. The molecule has 24 heavy (non-hydrogen) atoms. The molecule has 0 unspecified atom stereocenters. The van der Waals surface area contributed by atoms with Gasteiger partial charge in [0.15, 0.2) is 0 Å². The Morgan fingerprint density at radius 3 is 2.75 bits per heavy atom. The van der Waals surface area contributed by atoms with Gasteiger partial charge in [-0.1, -0.05) is 18.2 Å². The van der Waals surface area contributed by atoms with Gasteiger partial charge in [0.25, 0.3) is 0 Å². The number of halogens is 2. The van der Waals surface area contributed by atoms with E-state index in [2.05, 4.69) is 16.7 Å². The van der Waals surface area contributed by atoms with E-state index in [1.165, 1.54) is 0 Å². The van der Waals surface area contributed by atoms with Crippen molar-refractivity contribution >= 4 is 23.5 Å². The van der Waals surface area contributed by atoms with Crippen LogP contribution >= 0.6 is 11.8 Å². The molecule has 0 saturated carbocycles. The topological polar surface area (TPSA) is 64.9 Å². The molecule has 4 nitrogen and oxygen atoms in total. The van der Waals surface area contributed by atoms with E-state index in [1.807, 2.05) is 18.2 Å². The lowest BCUT2D eigenvalue weighted by molar-refractivity contribution is 0.252. The Balaban J connectivity index is 1.70. The molecule has 0 aliphatic carbocycles. The minimum absolute atomic E-state index is 0.0792. The molecular weight excluding hydrogens is 332 g/mol. The van der Waals surface area contributed by atoms with Crippen LogP contribution in [0.5, 0.6) is 0 Å². The molecule has 2 aromatic carbocycles. The molecule has 0 aliphatic heterocycles. The van der Waals surface area contributed by atoms with Gasteiger partial charge in [-0.25, -0.2) is 13.6 Å². The summed E-state index contributed by atoms with van der Waals surface area (Å²) >= 11 is 1.57. The molecule has 2 rings (SSSR count). The Morgan fingerprint density at radius 1 is 1.21 bits per heavy atom. The van der Waals surface area contributed by atoms with Gasteiger partial charge < -0.3 is 10.6 Å². The lowest BCUT2D eigenvalue weighted by Crippen LogP contribution is -2.30. The smallest absolute Gasteiger partial charge is 0.319 e. The summed E-state index contributed by atoms with van der Waals surface area (Å²) in [5, 5.41) is 13.9. The highest BCUT2D eigenvalue weighted by Gasteiger charge is 2.07. The van der Waals surface area contributed by atoms with Crippen LogP contribution in [0.4, 0.5) is 19.3 Å². The Hall–Kier alpha value is -2.59. The van der Waals surface area contributed by atoms with Crippen LogP contribution in [-0.2, 0) is 5.75 Å². The predicted molar refractivity (Wildman–Crippen MR) is 90.7 cm³/mol. The van der Waals surface area contributed by atoms with Crippen LogP contribution in [0.25, 0.3) is 0 Å². The fourth-order valence-corrected chi connectivity index (χ4v) is 2.79. The summed E-state index contributed by atoms with van der Waals surface area (Å²) in [6, 6.07) is 11.9. The molecule has 7 heteroatoms. The van der Waals surface area contributed by atoms with Crippen molar-refractivity contribution in [2.24, 2.45) is 0 Å². The summed E-state index contributed by atoms with van der Waals surface area (Å²) < 4.78 is 26.2. The summed E-state index contributed by atoms with van der Waals surface area (Å²) in [6.45, 7) is 0.383. The molecule has 0 bridgehead atoms. The van der Waals surface area contributed by atoms with Gasteiger partial charge in [0, 0.05) is 24.1 Å². The van der Waals surface area contributed by atoms with Crippen molar-refractivity contribution in [3.05, 3.63) is 65.2 Å². The van der Waals surface area contributed by atoms with Crippen LogP contribution < -0.4 is 10.6 Å². The molecule has 0 heterocycles. The first-order valence-corrected chi connectivity index (χ1v) is 8.31. The summed E-state index contributed by atoms with van der Waals surface area (Å²) in [5.41, 5.74) is 1.51. The van der Waals surface area contributed by atoms with E-state index >= 15 is 0 Å². The first-order valence-electron chi connectivity index (χ1n) is 7.16. The normalized spacial score (nSPS) is 10.0. The van der Waals surface area contributed by atoms with Crippen molar-refractivity contribution in [2.45, 2.75) is 5.75 Å². The van der Waals surface area contributed by atoms with Crippen LogP contribution in [0.2, 0.25) is 0 Å². The molecule has 0 spiro atoms. The summed E-state index contributed by atoms with van der Waals surface area (Å²) in [4.78, 5) is 11.6. The maximum atomic E-state index is 13.4. The van der Waals surface area contributed by atoms with Gasteiger partial charge in [-0.3, -0.25) is 0 Å². The largest absolute Gasteiger partial charge is 0.337 e. The Kier molecular flexibility index (Phi) is 6.58. The number of nitriles is 1. The van der Waals surface area contributed by atoms with E-state index in [9.17, 15) is 13.6 Å². The number of rotatable bonds is 6. The highest BCUT2D eigenvalue weighted by molar-refractivity contribution is 7.98. The van der Waals surface area contributed by atoms with Gasteiger partial charge in [-0.2, -0.15) is 17.0 Å². The van der Waals surface area contributed by atoms with Crippen LogP contribution in [0.3, 0.4) is 0 Å². The average Bonchev–Trinajstić information content (AvgIpc) is 2.57. The van der Waals surface area contributed by atoms with E-state index in [4.69, 9.17) is 5.26 Å². The molecule has 124 valence electrons. The monoisotopic (exact) mass is 347 g/mol. The van der Waals surface area contributed by atoms with E-state index in [0.29, 0.717) is 29.7 Å². The Labute approximate surface area is 142 Å². The van der Waals surface area contributed by atoms with Gasteiger partial charge >= 0.3 is 6.03 Å². The Bertz CT molecular complexity index is 762. The Morgan fingerprint density at radius 2 is 2.00 bits per heavy atom. The minimum atomic E-state index is -0.826. The van der Waals surface area contributed by atoms with Gasteiger partial charge in [-0.15, -0.1) is 0 Å². The van der Waals surface area contributed by atoms with Crippen molar-refractivity contribution in [1.82, 2.24) is 5.32 Å². The maximum Gasteiger partial charge on any atom is 0.319 e. The fraction of sp³-hybridized carbons (Fsp3) is 0.176. The van der Waals surface area contributed by atoms with Crippen molar-refractivity contribution in [3.8, 4) is 6.07 Å². The standard InChI is InChI=1S/C17H15F2N3OS/c18-14-5-6-16(15(19)9-14)22-17(23)21-7-8-24-11-13-4-2-1-3-12(13)10-20/h1-6,9H,7-8,11H2,(H2,21,22,23). The number of carbonyl (C=O) groups excluding carboxylic acids is 1. The fourth-order valence-electron chi connectivity index (χ4n) is 1.93. The molecule has 2 aromatic rings. The number of urea groups is 1. The molecule has 2 N–H and O–H groups in total. The lowest BCUT2D eigenvalue weighted by Gasteiger charge is -2.08. The summed E-state index contributed by atoms with van der Waals surface area (Å²) in [5.74, 6) is -0.223. The van der Waals surface area contributed by atoms with E-state index in [0.717, 1.165) is 17.7 Å². The third-order valence-corrected chi connectivity index (χ3v) is 4.11. The number of hydrogen-bond acceptors (Lipinski definition) is 3. The summed E-state index contributed by atoms with van der Waals surface area (Å²) in [7, 11) is 0. The molecule has 0 radical (unpaired) electrons. The zero-order valence-electron chi connectivity index (χ0n) is 12.7. The van der Waals surface area contributed by atoms with Gasteiger partial charge in [0.2, 0.25) is 0 Å². The van der Waals surface area contributed by atoms with Gasteiger partial charge in [0.05, 0.1) is 17.3 Å². The molecule has 0 fully saturated rings. The quantitative estimate of drug-likeness (QED) is 0.779. The first kappa shape index (κ1) is 17.8. The molecule has 0 aromatic heterocycles. The number of thioether (sulfide) groups is 1. The first-order chi connectivity index (χ1) is 11.6. The lowest BCUT2D eigenvalue weighted by atomic mass is 10.1. The number of hydrogen-bond donors (Lipinski definition) is 2. The number of nitrogens with zero attached hydrogens (tertiary/aromatic N) is 1. The zero-order chi connectivity index (χ0) is 17.4. The van der Waals surface area contributed by atoms with Crippen LogP contribution in [-0.4, -0.2) is 18.3 Å². The van der Waals surface area contributed by atoms with Crippen molar-refractivity contribution in [1.29, 1.82) is 5.26 Å². The molecule has 0 aliphatic rings. The van der Waals surface area contributed by atoms with Crippen molar-refractivity contribution < 1.29 is 13.6 Å². The number of amides is 2. The average molecular weight is 347 g/mol. The number of benzene rings is 2. The SMILES string of the molecule is N#Cc1ccccc1CSCCNC(=O)Nc1ccc(F)cc1F. The third kappa shape index (κ3) is 5.25. The second-order valence-corrected chi connectivity index (χ2v) is 5.93. The highest BCUT2D eigenvalue weighted by atomic mass is 32.2. The highest BCUT2D eigenvalue weighted by Crippen LogP contribution is 2.16. The molecular formula is C17H15F2N3OS. The van der Waals surface area contributed by atoms with Crippen molar-refractivity contribution in [2.75, 3.05) is 17.6 Å². The van der Waals surface area contributed by atoms with Gasteiger partial charge in [0.1, 0.15) is 11.6 Å². The maximum absolute atomic E-state index is 13.4. The molecule has 2 amide bonds. The number of anilines is 1. The predicted octanol–water partition coefficient (Wildman–Crippen LogP) is 3.89. The third-order valence-electron chi connectivity index (χ3n) is 3.11. The second kappa shape index (κ2) is 8.89. The number of carbonyl (C=O) groups is 1. The minimum Gasteiger partial charge on any atom is -0.337 e. The van der Waals surface area contributed by atoms with E-state index in [1.54, 1.807) is 17.8 Å². The molecule has 0 atom stereocenters. The van der Waals surface area contributed by atoms with Crippen LogP contribution in [0, 0.1) is 23.0 Å². The molecule has 0 saturated heterocycles. The number of nitrogens with one attached hydrogen (secondary N) is 2.